The molecule has 0 aromatic rings. The largest absolute Gasteiger partial charge is 1.00 e. The summed E-state index contributed by atoms with van der Waals surface area (Å²) in [6.45, 7) is 5.38. The minimum atomic E-state index is -5.12. The van der Waals surface area contributed by atoms with Gasteiger partial charge in [0.2, 0.25) is 5.91 Å². The molecule has 0 fully saturated rings. The average molecular weight is 496 g/mol. The molecule has 0 heterocycles. The Balaban J connectivity index is -0.00000420. The molecule has 0 rings (SSSR count). The van der Waals surface area contributed by atoms with E-state index >= 15 is 0 Å². The summed E-state index contributed by atoms with van der Waals surface area (Å²) in [5, 5.41) is 17.1. The molecule has 0 saturated heterocycles. The Labute approximate surface area is 238 Å². The van der Waals surface area contributed by atoms with Crippen molar-refractivity contribution in [2.75, 3.05) is 32.7 Å². The van der Waals surface area contributed by atoms with Crippen molar-refractivity contribution >= 4 is 22.0 Å². The summed E-state index contributed by atoms with van der Waals surface area (Å²) in [4.78, 5) is 22.1. The van der Waals surface area contributed by atoms with E-state index in [-0.39, 0.29) is 65.7 Å². The Morgan fingerprint density at radius 1 is 0.750 bits per heavy atom. The molecule has 1 atom stereocenters. The molecule has 0 aliphatic rings. The van der Waals surface area contributed by atoms with Gasteiger partial charge in [-0.3, -0.25) is 4.79 Å². The molecule has 1 unspecified atom stereocenters. The zero-order valence-electron chi connectivity index (χ0n) is 20.2. The Kier molecular flexibility index (Phi) is 29.0. The third-order valence-electron chi connectivity index (χ3n) is 4.79. The van der Waals surface area contributed by atoms with Crippen LogP contribution in [0.3, 0.4) is 0 Å². The first kappa shape index (κ1) is 37.3. The van der Waals surface area contributed by atoms with Crippen LogP contribution in [0, 0.1) is 0 Å². The van der Waals surface area contributed by atoms with Crippen molar-refractivity contribution in [1.29, 1.82) is 0 Å². The maximum Gasteiger partial charge on any atom is 1.00 e. The second-order valence-electron chi connectivity index (χ2n) is 7.54. The minimum Gasteiger partial charge on any atom is -0.747 e. The molecule has 0 aliphatic heterocycles. The fourth-order valence-electron chi connectivity index (χ4n) is 3.00. The fraction of sp³-hybridized carbons (Fsp3) is 0.900. The number of unbranched alkanes of at least 4 members (excludes halogenated alkanes) is 9. The summed E-state index contributed by atoms with van der Waals surface area (Å²) < 4.78 is 32.3. The topological polar surface area (TPSA) is 150 Å². The van der Waals surface area contributed by atoms with Gasteiger partial charge < -0.3 is 30.4 Å². The van der Waals surface area contributed by atoms with Crippen molar-refractivity contribution in [3.63, 3.8) is 0 Å². The summed E-state index contributed by atoms with van der Waals surface area (Å²) in [5.74, 6) is -2.88. The van der Waals surface area contributed by atoms with Gasteiger partial charge in [0.1, 0.15) is 10.1 Å². The van der Waals surface area contributed by atoms with Crippen molar-refractivity contribution < 1.29 is 86.8 Å². The third-order valence-corrected chi connectivity index (χ3v) is 5.85. The summed E-state index contributed by atoms with van der Waals surface area (Å²) in [5.41, 5.74) is 0. The van der Waals surface area contributed by atoms with Crippen LogP contribution < -0.4 is 80.2 Å². The zero-order valence-corrected chi connectivity index (χ0v) is 25.1. The first-order valence-corrected chi connectivity index (χ1v) is 12.6. The Hall–Kier alpha value is 0.770. The van der Waals surface area contributed by atoms with Crippen LogP contribution in [0.5, 0.6) is 0 Å². The van der Waals surface area contributed by atoms with Crippen LogP contribution in [-0.4, -0.2) is 62.8 Å². The van der Waals surface area contributed by atoms with Crippen molar-refractivity contribution in [2.24, 2.45) is 0 Å². The van der Waals surface area contributed by atoms with E-state index in [0.29, 0.717) is 13.1 Å². The molecule has 0 bridgehead atoms. The molecule has 0 spiro atoms. The molecule has 3 N–H and O–H groups in total. The van der Waals surface area contributed by atoms with E-state index in [9.17, 15) is 27.7 Å². The molecule has 32 heavy (non-hydrogen) atoms. The summed E-state index contributed by atoms with van der Waals surface area (Å²) in [6, 6.07) is 0. The molecule has 0 aliphatic carbocycles. The fourth-order valence-corrected chi connectivity index (χ4v) is 3.59. The standard InChI is InChI=1S/C20H41N3O6S.2Na/c1-2-3-4-5-6-7-8-9-10-11-12-21-13-14-22-15-16-23-19(24)17-18(20(25)26)30(27,28)29;;/h18,21-22H,2-17H2,1H3,(H,23,24)(H,25,26)(H,27,28,29);;/q;2*+1/p-2. The number of hydrogen-bond acceptors (Lipinski definition) is 8. The number of carbonyl (C=O) groups is 2. The Bertz CT molecular complexity index is 568. The van der Waals surface area contributed by atoms with Gasteiger partial charge in [-0.25, -0.2) is 8.42 Å². The average Bonchev–Trinajstić information content (AvgIpc) is 2.67. The maximum absolute atomic E-state index is 11.5. The number of rotatable bonds is 21. The number of carbonyl (C=O) groups excluding carboxylic acids is 2. The monoisotopic (exact) mass is 495 g/mol. The molecule has 0 radical (unpaired) electrons. The van der Waals surface area contributed by atoms with E-state index < -0.39 is 33.7 Å². The van der Waals surface area contributed by atoms with Gasteiger partial charge in [0.05, 0.1) is 11.2 Å². The summed E-state index contributed by atoms with van der Waals surface area (Å²) >= 11 is 0. The molecule has 12 heteroatoms. The number of carboxylic acids is 1. The number of aliphatic carboxylic acids is 1. The van der Waals surface area contributed by atoms with E-state index in [1.54, 1.807) is 0 Å². The van der Waals surface area contributed by atoms with Crippen molar-refractivity contribution in [3.05, 3.63) is 0 Å². The smallest absolute Gasteiger partial charge is 0.747 e. The second kappa shape index (κ2) is 24.9. The van der Waals surface area contributed by atoms with Gasteiger partial charge in [-0.15, -0.1) is 0 Å². The Morgan fingerprint density at radius 2 is 1.19 bits per heavy atom. The van der Waals surface area contributed by atoms with Gasteiger partial charge in [-0.1, -0.05) is 64.7 Å². The Morgan fingerprint density at radius 3 is 1.66 bits per heavy atom. The van der Waals surface area contributed by atoms with E-state index in [1.165, 1.54) is 57.8 Å². The van der Waals surface area contributed by atoms with Gasteiger partial charge in [0.25, 0.3) is 0 Å². The zero-order chi connectivity index (χ0) is 22.7. The van der Waals surface area contributed by atoms with Gasteiger partial charge >= 0.3 is 59.1 Å². The van der Waals surface area contributed by atoms with E-state index in [4.69, 9.17) is 0 Å². The van der Waals surface area contributed by atoms with E-state index in [2.05, 4.69) is 22.9 Å². The predicted octanol–water partition coefficient (Wildman–Crippen LogP) is -5.74. The van der Waals surface area contributed by atoms with E-state index in [0.717, 1.165) is 19.5 Å². The SMILES string of the molecule is CCCCCCCCCCCCNCCNCCNC(=O)CC(C(=O)[O-])S(=O)(=O)[O-].[Na+].[Na+]. The third kappa shape index (κ3) is 23.9. The van der Waals surface area contributed by atoms with Crippen LogP contribution in [0.2, 0.25) is 0 Å². The molecule has 178 valence electrons. The van der Waals surface area contributed by atoms with Crippen LogP contribution in [0.1, 0.15) is 77.6 Å². The quantitative estimate of drug-likeness (QED) is 0.0810. The number of nitrogens with one attached hydrogen (secondary N) is 3. The first-order chi connectivity index (χ1) is 14.3. The van der Waals surface area contributed by atoms with Crippen molar-refractivity contribution in [2.45, 2.75) is 82.8 Å². The first-order valence-electron chi connectivity index (χ1n) is 11.1. The summed E-state index contributed by atoms with van der Waals surface area (Å²) in [7, 11) is -5.12. The van der Waals surface area contributed by atoms with Gasteiger partial charge in [0, 0.05) is 32.6 Å². The summed E-state index contributed by atoms with van der Waals surface area (Å²) in [6.07, 6.45) is 12.2. The minimum absolute atomic E-state index is 0. The molecule has 0 aromatic carbocycles. The number of amides is 1. The van der Waals surface area contributed by atoms with Crippen molar-refractivity contribution in [3.8, 4) is 0 Å². The maximum atomic E-state index is 11.5. The molecular formula is C20H39N3Na2O6S. The van der Waals surface area contributed by atoms with Gasteiger partial charge in [-0.2, -0.15) is 0 Å². The second-order valence-corrected chi connectivity index (χ2v) is 9.09. The molecule has 0 aromatic heterocycles. The molecule has 9 nitrogen and oxygen atoms in total. The number of carboxylic acid groups (broad SMARTS) is 1. The van der Waals surface area contributed by atoms with E-state index in [1.807, 2.05) is 0 Å². The van der Waals surface area contributed by atoms with Gasteiger partial charge in [-0.05, 0) is 13.0 Å². The van der Waals surface area contributed by atoms with Crippen molar-refractivity contribution in [1.82, 2.24) is 16.0 Å². The van der Waals surface area contributed by atoms with Gasteiger partial charge in [0.15, 0.2) is 0 Å². The molecular weight excluding hydrogens is 456 g/mol. The normalized spacial score (nSPS) is 11.8. The van der Waals surface area contributed by atoms with Crippen LogP contribution >= 0.6 is 0 Å². The molecule has 1 amide bonds. The van der Waals surface area contributed by atoms with Crippen LogP contribution in [0.15, 0.2) is 0 Å². The van der Waals surface area contributed by atoms with Crippen LogP contribution in [-0.2, 0) is 19.7 Å². The number of hydrogen-bond donors (Lipinski definition) is 3. The van der Waals surface area contributed by atoms with Crippen LogP contribution in [0.25, 0.3) is 0 Å². The molecule has 0 saturated carbocycles. The van der Waals surface area contributed by atoms with Crippen LogP contribution in [0.4, 0.5) is 0 Å². The predicted molar refractivity (Wildman–Crippen MR) is 114 cm³/mol.